The summed E-state index contributed by atoms with van der Waals surface area (Å²) in [7, 11) is 0. The van der Waals surface area contributed by atoms with Crippen molar-refractivity contribution in [3.63, 3.8) is 0 Å². The van der Waals surface area contributed by atoms with Crippen molar-refractivity contribution in [3.05, 3.63) is 52.8 Å². The molecule has 3 rings (SSSR count). The summed E-state index contributed by atoms with van der Waals surface area (Å²) in [5.74, 6) is 6.41. The van der Waals surface area contributed by atoms with Crippen LogP contribution in [0.4, 0.5) is 21.6 Å². The zero-order valence-corrected chi connectivity index (χ0v) is 15.5. The van der Waals surface area contributed by atoms with E-state index in [1.54, 1.807) is 30.6 Å². The topological polar surface area (TPSA) is 119 Å². The average Bonchev–Trinajstić information content (AvgIpc) is 3.10. The molecule has 0 bridgehead atoms. The normalized spacial score (nSPS) is 10.2. The van der Waals surface area contributed by atoms with Crippen LogP contribution in [0.1, 0.15) is 35.9 Å². The van der Waals surface area contributed by atoms with Crippen molar-refractivity contribution < 1.29 is 4.79 Å². The summed E-state index contributed by atoms with van der Waals surface area (Å²) in [6.07, 6.45) is 3.11. The van der Waals surface area contributed by atoms with Gasteiger partial charge in [-0.3, -0.25) is 5.32 Å². The molecule has 0 aliphatic heterocycles. The van der Waals surface area contributed by atoms with Crippen LogP contribution < -0.4 is 16.4 Å². The van der Waals surface area contributed by atoms with Gasteiger partial charge in [-0.2, -0.15) is 0 Å². The van der Waals surface area contributed by atoms with Crippen LogP contribution in [0.3, 0.4) is 0 Å². The number of benzene rings is 1. The first kappa shape index (κ1) is 18.3. The van der Waals surface area contributed by atoms with Crippen LogP contribution in [0.25, 0.3) is 0 Å². The fourth-order valence-electron chi connectivity index (χ4n) is 2.00. The van der Waals surface area contributed by atoms with Gasteiger partial charge >= 0.3 is 6.03 Å². The van der Waals surface area contributed by atoms with E-state index in [2.05, 4.69) is 42.6 Å². The highest BCUT2D eigenvalue weighted by Crippen LogP contribution is 2.22. The van der Waals surface area contributed by atoms with Gasteiger partial charge < -0.3 is 11.1 Å². The number of rotatable bonds is 3. The van der Waals surface area contributed by atoms with Crippen LogP contribution >= 0.6 is 11.3 Å². The number of hydrogen-bond acceptors (Lipinski definition) is 7. The minimum Gasteiger partial charge on any atom is -0.368 e. The molecule has 136 valence electrons. The molecule has 0 aliphatic carbocycles. The van der Waals surface area contributed by atoms with Gasteiger partial charge in [-0.1, -0.05) is 43.1 Å². The van der Waals surface area contributed by atoms with Gasteiger partial charge in [0.05, 0.1) is 5.56 Å². The summed E-state index contributed by atoms with van der Waals surface area (Å²) < 4.78 is 0. The minimum absolute atomic E-state index is 0.203. The van der Waals surface area contributed by atoms with Crippen molar-refractivity contribution in [3.8, 4) is 11.8 Å². The van der Waals surface area contributed by atoms with E-state index < -0.39 is 6.03 Å². The minimum atomic E-state index is -0.390. The maximum Gasteiger partial charge on any atom is 0.325 e. The molecule has 2 heterocycles. The fourth-order valence-corrected chi connectivity index (χ4v) is 2.74. The van der Waals surface area contributed by atoms with E-state index in [9.17, 15) is 4.79 Å². The van der Waals surface area contributed by atoms with Crippen LogP contribution in [-0.4, -0.2) is 26.2 Å². The van der Waals surface area contributed by atoms with Crippen molar-refractivity contribution in [2.24, 2.45) is 0 Å². The van der Waals surface area contributed by atoms with Crippen molar-refractivity contribution in [2.75, 3.05) is 16.4 Å². The van der Waals surface area contributed by atoms with Gasteiger partial charge in [0.15, 0.2) is 0 Å². The van der Waals surface area contributed by atoms with E-state index in [0.29, 0.717) is 16.4 Å². The predicted molar refractivity (Wildman–Crippen MR) is 106 cm³/mol. The highest BCUT2D eigenvalue weighted by atomic mass is 32.1. The van der Waals surface area contributed by atoms with Crippen molar-refractivity contribution in [1.82, 2.24) is 20.2 Å². The van der Waals surface area contributed by atoms with Gasteiger partial charge in [0.1, 0.15) is 5.01 Å². The van der Waals surface area contributed by atoms with Crippen molar-refractivity contribution in [2.45, 2.75) is 19.8 Å². The van der Waals surface area contributed by atoms with Gasteiger partial charge in [0.25, 0.3) is 0 Å². The summed E-state index contributed by atoms with van der Waals surface area (Å²) in [6, 6.07) is 6.80. The van der Waals surface area contributed by atoms with Crippen molar-refractivity contribution >= 4 is 34.1 Å². The number of urea groups is 1. The highest BCUT2D eigenvalue weighted by molar-refractivity contribution is 7.15. The standard InChI is InChI=1S/C18H17N7OS/c1-11(2)15-24-25-18(27-15)23-17(26)22-14-5-3-4-12(8-14)6-7-13-9-20-16(19)21-10-13/h3-5,8-11H,1-2H3,(H2,19,20,21)(H2,22,23,25,26). The Kier molecular flexibility index (Phi) is 5.58. The van der Waals surface area contributed by atoms with E-state index in [-0.39, 0.29) is 11.9 Å². The van der Waals surface area contributed by atoms with Gasteiger partial charge in [-0.05, 0) is 18.2 Å². The molecule has 0 aliphatic rings. The molecule has 0 saturated carbocycles. The van der Waals surface area contributed by atoms with Crippen LogP contribution in [0, 0.1) is 11.8 Å². The molecule has 0 radical (unpaired) electrons. The molecule has 0 spiro atoms. The number of nitrogens with zero attached hydrogens (tertiary/aromatic N) is 4. The second-order valence-corrected chi connectivity index (χ2v) is 6.85. The maximum atomic E-state index is 12.1. The first-order valence-electron chi connectivity index (χ1n) is 8.10. The number of aromatic nitrogens is 4. The quantitative estimate of drug-likeness (QED) is 0.602. The van der Waals surface area contributed by atoms with Crippen LogP contribution in [0.5, 0.6) is 0 Å². The second-order valence-electron chi connectivity index (χ2n) is 5.84. The molecule has 9 heteroatoms. The van der Waals surface area contributed by atoms with Gasteiger partial charge in [0, 0.05) is 29.6 Å². The maximum absolute atomic E-state index is 12.1. The van der Waals surface area contributed by atoms with E-state index in [1.165, 1.54) is 11.3 Å². The largest absolute Gasteiger partial charge is 0.368 e. The Morgan fingerprint density at radius 3 is 2.56 bits per heavy atom. The van der Waals surface area contributed by atoms with E-state index in [0.717, 1.165) is 10.6 Å². The molecular formula is C18H17N7OS. The molecule has 1 aromatic carbocycles. The lowest BCUT2D eigenvalue weighted by Gasteiger charge is -2.05. The zero-order valence-electron chi connectivity index (χ0n) is 14.7. The lowest BCUT2D eigenvalue weighted by atomic mass is 10.2. The predicted octanol–water partition coefficient (Wildman–Crippen LogP) is 3.08. The van der Waals surface area contributed by atoms with Crippen molar-refractivity contribution in [1.29, 1.82) is 0 Å². The molecule has 2 aromatic heterocycles. The third-order valence-corrected chi connectivity index (χ3v) is 4.44. The Labute approximate surface area is 160 Å². The number of carbonyl (C=O) groups is 1. The Balaban J connectivity index is 1.64. The smallest absolute Gasteiger partial charge is 0.325 e. The summed E-state index contributed by atoms with van der Waals surface area (Å²) in [5.41, 5.74) is 7.45. The molecule has 3 aromatic rings. The molecule has 27 heavy (non-hydrogen) atoms. The highest BCUT2D eigenvalue weighted by Gasteiger charge is 2.10. The molecule has 0 atom stereocenters. The molecular weight excluding hydrogens is 362 g/mol. The molecule has 4 N–H and O–H groups in total. The second kappa shape index (κ2) is 8.25. The van der Waals surface area contributed by atoms with Crippen LogP contribution in [0.15, 0.2) is 36.7 Å². The van der Waals surface area contributed by atoms with E-state index >= 15 is 0 Å². The molecule has 0 unspecified atom stereocenters. The molecule has 0 saturated heterocycles. The number of amides is 2. The summed E-state index contributed by atoms with van der Waals surface area (Å²) in [4.78, 5) is 19.9. The first-order valence-corrected chi connectivity index (χ1v) is 8.92. The van der Waals surface area contributed by atoms with E-state index in [4.69, 9.17) is 5.73 Å². The lowest BCUT2D eigenvalue weighted by Crippen LogP contribution is -2.19. The number of nitrogens with one attached hydrogen (secondary N) is 2. The zero-order chi connectivity index (χ0) is 19.2. The summed E-state index contributed by atoms with van der Waals surface area (Å²) in [6.45, 7) is 4.04. The lowest BCUT2D eigenvalue weighted by molar-refractivity contribution is 0.262. The average molecular weight is 379 g/mol. The first-order chi connectivity index (χ1) is 13.0. The Morgan fingerprint density at radius 1 is 1.11 bits per heavy atom. The SMILES string of the molecule is CC(C)c1nnc(NC(=O)Nc2cccc(C#Cc3cnc(N)nc3)c2)s1. The van der Waals surface area contributed by atoms with E-state index in [1.807, 2.05) is 19.9 Å². The Hall–Kier alpha value is -3.51. The number of nitrogen functional groups attached to an aromatic ring is 1. The van der Waals surface area contributed by atoms with Gasteiger partial charge in [-0.15, -0.1) is 10.2 Å². The fraction of sp³-hybridized carbons (Fsp3) is 0.167. The summed E-state index contributed by atoms with van der Waals surface area (Å²) in [5, 5.41) is 14.8. The van der Waals surface area contributed by atoms with Crippen LogP contribution in [-0.2, 0) is 0 Å². The van der Waals surface area contributed by atoms with Crippen LogP contribution in [0.2, 0.25) is 0 Å². The molecule has 8 nitrogen and oxygen atoms in total. The van der Waals surface area contributed by atoms with Gasteiger partial charge in [-0.25, -0.2) is 14.8 Å². The Morgan fingerprint density at radius 2 is 1.85 bits per heavy atom. The number of carbonyl (C=O) groups excluding carboxylic acids is 1. The molecule has 2 amide bonds. The summed E-state index contributed by atoms with van der Waals surface area (Å²) >= 11 is 1.35. The van der Waals surface area contributed by atoms with Gasteiger partial charge in [0.2, 0.25) is 11.1 Å². The molecule has 0 fully saturated rings. The third-order valence-electron chi connectivity index (χ3n) is 3.30. The monoisotopic (exact) mass is 379 g/mol. The third kappa shape index (κ3) is 5.23. The Bertz CT molecular complexity index is 1000. The number of anilines is 3. The number of hydrogen-bond donors (Lipinski definition) is 3. The number of nitrogens with two attached hydrogens (primary N) is 1.